The first-order valence-corrected chi connectivity index (χ1v) is 4.75. The van der Waals surface area contributed by atoms with E-state index in [0.29, 0.717) is 0 Å². The molecular weight excluding hydrogens is 192 g/mol. The number of halogens is 1. The van der Waals surface area contributed by atoms with Crippen LogP contribution in [-0.4, -0.2) is 0 Å². The molecule has 0 aliphatic carbocycles. The maximum absolute atomic E-state index is 5.87. The largest absolute Gasteiger partial charge is 0.113 e. The summed E-state index contributed by atoms with van der Waals surface area (Å²) in [4.78, 5) is 0. The number of rotatable bonds is 3. The van der Waals surface area contributed by atoms with Gasteiger partial charge < -0.3 is 0 Å². The van der Waals surface area contributed by atoms with Crippen molar-refractivity contribution in [1.82, 2.24) is 0 Å². The standard InChI is InChI=1S/C9H9Cl.C4H6/c1-2-9(10)8-6-4-3-5-7-8;1-3-4-2/h2-7,9H,1H2;3-4H,1-2H2. The Kier molecular flexibility index (Phi) is 7.58. The molecule has 0 fully saturated rings. The monoisotopic (exact) mass is 206 g/mol. The summed E-state index contributed by atoms with van der Waals surface area (Å²) < 4.78 is 0. The summed E-state index contributed by atoms with van der Waals surface area (Å²) in [6.45, 7) is 10.3. The van der Waals surface area contributed by atoms with Gasteiger partial charge in [-0.05, 0) is 5.56 Å². The first kappa shape index (κ1) is 12.7. The molecule has 0 saturated heterocycles. The molecule has 0 aliphatic rings. The van der Waals surface area contributed by atoms with Crippen LogP contribution in [0.15, 0.2) is 68.3 Å². The lowest BCUT2D eigenvalue weighted by Gasteiger charge is -2.01. The number of hydrogen-bond acceptors (Lipinski definition) is 0. The molecule has 0 aromatic heterocycles. The SMILES string of the molecule is C=CC(Cl)c1ccccc1.C=CC=C. The molecule has 0 N–H and O–H groups in total. The Morgan fingerprint density at radius 1 is 1.00 bits per heavy atom. The van der Waals surface area contributed by atoms with Gasteiger partial charge in [0.15, 0.2) is 0 Å². The second kappa shape index (κ2) is 8.33. The van der Waals surface area contributed by atoms with Gasteiger partial charge in [0.05, 0.1) is 5.38 Å². The van der Waals surface area contributed by atoms with Crippen molar-refractivity contribution in [3.8, 4) is 0 Å². The van der Waals surface area contributed by atoms with Gasteiger partial charge in [-0.1, -0.05) is 61.7 Å². The minimum atomic E-state index is -0.0544. The average molecular weight is 207 g/mol. The van der Waals surface area contributed by atoms with Crippen LogP contribution >= 0.6 is 11.6 Å². The summed E-state index contributed by atoms with van der Waals surface area (Å²) >= 11 is 5.87. The highest BCUT2D eigenvalue weighted by Crippen LogP contribution is 2.19. The van der Waals surface area contributed by atoms with Gasteiger partial charge in [-0.25, -0.2) is 0 Å². The van der Waals surface area contributed by atoms with E-state index < -0.39 is 0 Å². The lowest BCUT2D eigenvalue weighted by Crippen LogP contribution is -1.82. The third kappa shape index (κ3) is 5.39. The normalized spacial score (nSPS) is 10.4. The fourth-order valence-electron chi connectivity index (χ4n) is 0.773. The van der Waals surface area contributed by atoms with Crippen LogP contribution in [-0.2, 0) is 0 Å². The fraction of sp³-hybridized carbons (Fsp3) is 0.0769. The van der Waals surface area contributed by atoms with E-state index in [1.165, 1.54) is 0 Å². The number of benzene rings is 1. The molecule has 1 unspecified atom stereocenters. The van der Waals surface area contributed by atoms with Crippen LogP contribution in [0.5, 0.6) is 0 Å². The predicted molar refractivity (Wildman–Crippen MR) is 65.6 cm³/mol. The maximum Gasteiger partial charge on any atom is 0.0763 e. The zero-order valence-electron chi connectivity index (χ0n) is 8.20. The molecule has 74 valence electrons. The van der Waals surface area contributed by atoms with Crippen molar-refractivity contribution in [3.05, 3.63) is 73.9 Å². The molecule has 0 nitrogen and oxygen atoms in total. The molecule has 14 heavy (non-hydrogen) atoms. The van der Waals surface area contributed by atoms with Crippen LogP contribution in [0.25, 0.3) is 0 Å². The minimum Gasteiger partial charge on any atom is -0.113 e. The van der Waals surface area contributed by atoms with Crippen molar-refractivity contribution in [2.45, 2.75) is 5.38 Å². The van der Waals surface area contributed by atoms with E-state index in [1.54, 1.807) is 18.2 Å². The quantitative estimate of drug-likeness (QED) is 0.388. The number of alkyl halides is 1. The van der Waals surface area contributed by atoms with Gasteiger partial charge in [0.25, 0.3) is 0 Å². The zero-order chi connectivity index (χ0) is 10.8. The van der Waals surface area contributed by atoms with Crippen LogP contribution in [0.4, 0.5) is 0 Å². The van der Waals surface area contributed by atoms with Crippen molar-refractivity contribution in [1.29, 1.82) is 0 Å². The van der Waals surface area contributed by atoms with E-state index in [2.05, 4.69) is 19.7 Å². The Morgan fingerprint density at radius 3 is 1.86 bits per heavy atom. The minimum absolute atomic E-state index is 0.0544. The van der Waals surface area contributed by atoms with Gasteiger partial charge in [-0.15, -0.1) is 18.2 Å². The molecule has 1 aromatic carbocycles. The molecule has 0 saturated carbocycles. The Hall–Kier alpha value is -1.27. The molecule has 0 aliphatic heterocycles. The van der Waals surface area contributed by atoms with Crippen LogP contribution in [0.2, 0.25) is 0 Å². The van der Waals surface area contributed by atoms with E-state index in [0.717, 1.165) is 5.56 Å². The molecular formula is C13H15Cl. The summed E-state index contributed by atoms with van der Waals surface area (Å²) in [5, 5.41) is -0.0544. The highest BCUT2D eigenvalue weighted by molar-refractivity contribution is 6.21. The Bertz CT molecular complexity index is 269. The molecule has 0 bridgehead atoms. The Balaban J connectivity index is 0.000000364. The van der Waals surface area contributed by atoms with Crippen molar-refractivity contribution in [2.75, 3.05) is 0 Å². The van der Waals surface area contributed by atoms with Crippen molar-refractivity contribution in [2.24, 2.45) is 0 Å². The fourth-order valence-corrected chi connectivity index (χ4v) is 0.918. The molecule has 1 rings (SSSR count). The van der Waals surface area contributed by atoms with E-state index in [9.17, 15) is 0 Å². The highest BCUT2D eigenvalue weighted by atomic mass is 35.5. The van der Waals surface area contributed by atoms with E-state index in [4.69, 9.17) is 11.6 Å². The molecule has 1 heteroatoms. The van der Waals surface area contributed by atoms with Crippen molar-refractivity contribution >= 4 is 11.6 Å². The summed E-state index contributed by atoms with van der Waals surface area (Å²) in [6.07, 6.45) is 5.00. The average Bonchev–Trinajstić information content (AvgIpc) is 2.29. The van der Waals surface area contributed by atoms with Gasteiger partial charge in [-0.2, -0.15) is 0 Å². The topological polar surface area (TPSA) is 0 Å². The second-order valence-electron chi connectivity index (χ2n) is 2.52. The number of hydrogen-bond donors (Lipinski definition) is 0. The van der Waals surface area contributed by atoms with Gasteiger partial charge in [0.2, 0.25) is 0 Å². The molecule has 1 atom stereocenters. The summed E-state index contributed by atoms with van der Waals surface area (Å²) in [7, 11) is 0. The van der Waals surface area contributed by atoms with Crippen molar-refractivity contribution < 1.29 is 0 Å². The van der Waals surface area contributed by atoms with E-state index in [-0.39, 0.29) is 5.38 Å². The number of allylic oxidation sites excluding steroid dienone is 3. The molecule has 1 aromatic rings. The van der Waals surface area contributed by atoms with Crippen LogP contribution < -0.4 is 0 Å². The third-order valence-electron chi connectivity index (χ3n) is 1.49. The highest BCUT2D eigenvalue weighted by Gasteiger charge is 1.98. The molecule has 0 amide bonds. The Morgan fingerprint density at radius 2 is 1.50 bits per heavy atom. The smallest absolute Gasteiger partial charge is 0.0763 e. The molecule has 0 radical (unpaired) electrons. The third-order valence-corrected chi connectivity index (χ3v) is 1.92. The predicted octanol–water partition coefficient (Wildman–Crippen LogP) is 4.51. The first-order valence-electron chi connectivity index (χ1n) is 4.31. The van der Waals surface area contributed by atoms with Crippen molar-refractivity contribution in [3.63, 3.8) is 0 Å². The van der Waals surface area contributed by atoms with Gasteiger partial charge >= 0.3 is 0 Å². The lowest BCUT2D eigenvalue weighted by atomic mass is 10.1. The first-order chi connectivity index (χ1) is 6.76. The van der Waals surface area contributed by atoms with Crippen LogP contribution in [0, 0.1) is 0 Å². The van der Waals surface area contributed by atoms with Gasteiger partial charge in [-0.3, -0.25) is 0 Å². The zero-order valence-corrected chi connectivity index (χ0v) is 8.95. The van der Waals surface area contributed by atoms with E-state index in [1.807, 2.05) is 30.3 Å². The maximum atomic E-state index is 5.87. The molecule has 0 spiro atoms. The summed E-state index contributed by atoms with van der Waals surface area (Å²) in [5.41, 5.74) is 1.10. The van der Waals surface area contributed by atoms with Crippen LogP contribution in [0.1, 0.15) is 10.9 Å². The Labute approximate surface area is 91.2 Å². The molecule has 0 heterocycles. The van der Waals surface area contributed by atoms with Crippen LogP contribution in [0.3, 0.4) is 0 Å². The summed E-state index contributed by atoms with van der Waals surface area (Å²) in [6, 6.07) is 9.87. The van der Waals surface area contributed by atoms with Gasteiger partial charge in [0.1, 0.15) is 0 Å². The van der Waals surface area contributed by atoms with E-state index >= 15 is 0 Å². The van der Waals surface area contributed by atoms with Gasteiger partial charge in [0, 0.05) is 0 Å². The summed E-state index contributed by atoms with van der Waals surface area (Å²) in [5.74, 6) is 0. The lowest BCUT2D eigenvalue weighted by molar-refractivity contribution is 1.22. The second-order valence-corrected chi connectivity index (χ2v) is 2.99.